The number of piperazine rings is 1. The predicted molar refractivity (Wildman–Crippen MR) is 125 cm³/mol. The number of aromatic carboxylic acids is 1. The van der Waals surface area contributed by atoms with Crippen molar-refractivity contribution in [1.29, 1.82) is 0 Å². The topological polar surface area (TPSA) is 121 Å². The molecule has 2 fully saturated rings. The molecule has 2 saturated heterocycles. The molecule has 0 spiro atoms. The molecule has 2 N–H and O–H groups in total. The Morgan fingerprint density at radius 2 is 1.94 bits per heavy atom. The second-order valence-electron chi connectivity index (χ2n) is 8.06. The van der Waals surface area contributed by atoms with E-state index in [1.807, 2.05) is 6.07 Å². The van der Waals surface area contributed by atoms with Gasteiger partial charge in [0.15, 0.2) is 5.96 Å². The lowest BCUT2D eigenvalue weighted by Crippen LogP contribution is -2.51. The Morgan fingerprint density at radius 3 is 2.58 bits per heavy atom. The van der Waals surface area contributed by atoms with Crippen molar-refractivity contribution in [2.24, 2.45) is 4.99 Å². The smallest absolute Gasteiger partial charge is 0.335 e. The maximum atomic E-state index is 11.3. The van der Waals surface area contributed by atoms with Crippen LogP contribution in [-0.4, -0.2) is 72.3 Å². The zero-order valence-electron chi connectivity index (χ0n) is 18.2. The summed E-state index contributed by atoms with van der Waals surface area (Å²) in [7, 11) is 0. The largest absolute Gasteiger partial charge is 0.478 e. The monoisotopic (exact) mass is 453 g/mol. The van der Waals surface area contributed by atoms with Gasteiger partial charge in [0, 0.05) is 56.3 Å². The summed E-state index contributed by atoms with van der Waals surface area (Å²) in [5.74, 6) is -0.287. The van der Waals surface area contributed by atoms with Crippen LogP contribution in [0.25, 0.3) is 0 Å². The molecule has 33 heavy (non-hydrogen) atoms. The molecule has 2 heterocycles. The summed E-state index contributed by atoms with van der Waals surface area (Å²) < 4.78 is 5.71. The number of aliphatic imine (C=N–C) groups is 1. The minimum atomic E-state index is -0.979. The number of carbonyl (C=O) groups is 1. The van der Waals surface area contributed by atoms with Crippen LogP contribution in [0.1, 0.15) is 23.2 Å². The van der Waals surface area contributed by atoms with Gasteiger partial charge >= 0.3 is 5.97 Å². The lowest BCUT2D eigenvalue weighted by atomic mass is 10.2. The van der Waals surface area contributed by atoms with Crippen molar-refractivity contribution in [3.63, 3.8) is 0 Å². The molecule has 0 bridgehead atoms. The number of carboxylic acid groups (broad SMARTS) is 1. The quantitative estimate of drug-likeness (QED) is 0.296. The summed E-state index contributed by atoms with van der Waals surface area (Å²) in [4.78, 5) is 31.0. The van der Waals surface area contributed by atoms with Gasteiger partial charge in [0.25, 0.3) is 5.69 Å². The van der Waals surface area contributed by atoms with Crippen LogP contribution >= 0.6 is 0 Å². The summed E-state index contributed by atoms with van der Waals surface area (Å²) in [6.45, 7) is 4.17. The summed E-state index contributed by atoms with van der Waals surface area (Å²) in [5, 5.41) is 23.5. The normalized spacial score (nSPS) is 18.9. The fourth-order valence-corrected chi connectivity index (χ4v) is 4.02. The van der Waals surface area contributed by atoms with Gasteiger partial charge in [-0.25, -0.2) is 4.79 Å². The van der Waals surface area contributed by atoms with Crippen molar-refractivity contribution >= 4 is 29.0 Å². The molecular formula is C23H27N5O5. The zero-order valence-corrected chi connectivity index (χ0v) is 18.2. The van der Waals surface area contributed by atoms with Gasteiger partial charge in [0.2, 0.25) is 0 Å². The summed E-state index contributed by atoms with van der Waals surface area (Å²) in [6, 6.07) is 13.3. The molecule has 0 amide bonds. The molecule has 2 aliphatic heterocycles. The molecule has 0 aromatic heterocycles. The Kier molecular flexibility index (Phi) is 7.04. The zero-order chi connectivity index (χ0) is 23.2. The standard InChI is InChI=1S/C23H27N5O5/c29-22(30)17-3-1-4-18(15-17)25-23(24-16-21-5-2-14-33-21)27-12-10-26(11-13-27)19-6-8-20(9-7-19)28(31)32/h1,3-4,6-9,15,21H,2,5,10-14,16H2,(H,24,25)(H,29,30)/t21-/m1/s1. The first-order valence-corrected chi connectivity index (χ1v) is 11.0. The number of non-ortho nitro benzene ring substituents is 1. The van der Waals surface area contributed by atoms with Crippen LogP contribution in [0.2, 0.25) is 0 Å². The molecule has 10 heteroatoms. The SMILES string of the molecule is O=C(O)c1cccc(NC(=NC[C@H]2CCCO2)N2CCN(c3ccc([N+](=O)[O-])cc3)CC2)c1. The highest BCUT2D eigenvalue weighted by Gasteiger charge is 2.22. The second kappa shape index (κ2) is 10.3. The number of nitro benzene ring substituents is 1. The van der Waals surface area contributed by atoms with Gasteiger partial charge < -0.3 is 25.0 Å². The van der Waals surface area contributed by atoms with Crippen molar-refractivity contribution < 1.29 is 19.6 Å². The fourth-order valence-electron chi connectivity index (χ4n) is 4.02. The number of ether oxygens (including phenoxy) is 1. The molecule has 1 atom stereocenters. The average molecular weight is 453 g/mol. The fraction of sp³-hybridized carbons (Fsp3) is 0.391. The van der Waals surface area contributed by atoms with Gasteiger partial charge in [-0.1, -0.05) is 6.07 Å². The van der Waals surface area contributed by atoms with E-state index in [2.05, 4.69) is 15.1 Å². The lowest BCUT2D eigenvalue weighted by molar-refractivity contribution is -0.384. The van der Waals surface area contributed by atoms with Crippen LogP contribution < -0.4 is 10.2 Å². The minimum Gasteiger partial charge on any atom is -0.478 e. The molecule has 0 aliphatic carbocycles. The summed E-state index contributed by atoms with van der Waals surface area (Å²) in [6.07, 6.45) is 2.13. The third-order valence-electron chi connectivity index (χ3n) is 5.84. The molecule has 174 valence electrons. The Bertz CT molecular complexity index is 1010. The van der Waals surface area contributed by atoms with Crippen molar-refractivity contribution in [2.45, 2.75) is 18.9 Å². The number of carboxylic acids is 1. The van der Waals surface area contributed by atoms with Crippen LogP contribution in [-0.2, 0) is 4.74 Å². The highest BCUT2D eigenvalue weighted by Crippen LogP contribution is 2.21. The number of rotatable bonds is 6. The number of nitro groups is 1. The van der Waals surface area contributed by atoms with Crippen LogP contribution in [0.5, 0.6) is 0 Å². The third-order valence-corrected chi connectivity index (χ3v) is 5.84. The second-order valence-corrected chi connectivity index (χ2v) is 8.06. The van der Waals surface area contributed by atoms with E-state index < -0.39 is 10.9 Å². The third kappa shape index (κ3) is 5.78. The Balaban J connectivity index is 1.45. The molecule has 2 aliphatic rings. The Labute approximate surface area is 191 Å². The average Bonchev–Trinajstić information content (AvgIpc) is 3.36. The van der Waals surface area contributed by atoms with Crippen molar-refractivity contribution in [2.75, 3.05) is 49.5 Å². The lowest BCUT2D eigenvalue weighted by Gasteiger charge is -2.37. The van der Waals surface area contributed by atoms with Gasteiger partial charge in [0.05, 0.1) is 23.1 Å². The first kappa shape index (κ1) is 22.5. The number of benzene rings is 2. The molecule has 2 aromatic carbocycles. The number of nitrogens with one attached hydrogen (secondary N) is 1. The number of anilines is 2. The van der Waals surface area contributed by atoms with E-state index in [1.54, 1.807) is 30.3 Å². The maximum Gasteiger partial charge on any atom is 0.335 e. The van der Waals surface area contributed by atoms with E-state index in [1.165, 1.54) is 12.1 Å². The van der Waals surface area contributed by atoms with Gasteiger partial charge in [-0.05, 0) is 43.2 Å². The highest BCUT2D eigenvalue weighted by molar-refractivity contribution is 5.96. The molecule has 0 unspecified atom stereocenters. The highest BCUT2D eigenvalue weighted by atomic mass is 16.6. The van der Waals surface area contributed by atoms with Crippen molar-refractivity contribution in [3.8, 4) is 0 Å². The first-order chi connectivity index (χ1) is 16.0. The van der Waals surface area contributed by atoms with E-state index in [9.17, 15) is 20.0 Å². The Morgan fingerprint density at radius 1 is 1.18 bits per heavy atom. The predicted octanol–water partition coefficient (Wildman–Crippen LogP) is 3.06. The summed E-state index contributed by atoms with van der Waals surface area (Å²) >= 11 is 0. The molecule has 0 radical (unpaired) electrons. The number of hydrogen-bond donors (Lipinski definition) is 2. The summed E-state index contributed by atoms with van der Waals surface area (Å²) in [5.41, 5.74) is 1.90. The molecule has 0 saturated carbocycles. The van der Waals surface area contributed by atoms with Gasteiger partial charge in [-0.2, -0.15) is 0 Å². The van der Waals surface area contributed by atoms with E-state index >= 15 is 0 Å². The van der Waals surface area contributed by atoms with Gasteiger partial charge in [0.1, 0.15) is 0 Å². The van der Waals surface area contributed by atoms with Crippen LogP contribution in [0.4, 0.5) is 17.1 Å². The molecular weight excluding hydrogens is 426 g/mol. The van der Waals surface area contributed by atoms with E-state index in [-0.39, 0.29) is 17.4 Å². The number of guanidine groups is 1. The maximum absolute atomic E-state index is 11.3. The van der Waals surface area contributed by atoms with Crippen molar-refractivity contribution in [1.82, 2.24) is 4.90 Å². The molecule has 4 rings (SSSR count). The number of hydrogen-bond acceptors (Lipinski definition) is 6. The molecule has 2 aromatic rings. The van der Waals surface area contributed by atoms with Crippen LogP contribution in [0, 0.1) is 10.1 Å². The van der Waals surface area contributed by atoms with E-state index in [0.29, 0.717) is 31.3 Å². The van der Waals surface area contributed by atoms with Crippen molar-refractivity contribution in [3.05, 3.63) is 64.2 Å². The number of nitrogens with zero attached hydrogens (tertiary/aromatic N) is 4. The first-order valence-electron chi connectivity index (χ1n) is 11.0. The van der Waals surface area contributed by atoms with E-state index in [0.717, 1.165) is 38.2 Å². The minimum absolute atomic E-state index is 0.0775. The Hall–Kier alpha value is -3.66. The van der Waals surface area contributed by atoms with Crippen LogP contribution in [0.15, 0.2) is 53.5 Å². The van der Waals surface area contributed by atoms with Gasteiger partial charge in [-0.15, -0.1) is 0 Å². The van der Waals surface area contributed by atoms with Crippen LogP contribution in [0.3, 0.4) is 0 Å². The molecule has 10 nitrogen and oxygen atoms in total. The van der Waals surface area contributed by atoms with Gasteiger partial charge in [-0.3, -0.25) is 15.1 Å². The van der Waals surface area contributed by atoms with E-state index in [4.69, 9.17) is 9.73 Å².